The summed E-state index contributed by atoms with van der Waals surface area (Å²) in [5, 5.41) is 14.9. The molecule has 4 rings (SSSR count). The Hall–Kier alpha value is -3.27. The number of carbonyl (C=O) groups excluding carboxylic acids is 1. The van der Waals surface area contributed by atoms with Crippen molar-refractivity contribution in [3.8, 4) is 0 Å². The number of carboxylic acid groups (broad SMARTS) is 1. The Morgan fingerprint density at radius 3 is 2.56 bits per heavy atom. The molecule has 32 heavy (non-hydrogen) atoms. The molecule has 1 saturated carbocycles. The van der Waals surface area contributed by atoms with Crippen molar-refractivity contribution in [1.29, 1.82) is 0 Å². The number of aromatic nitrogens is 2. The fourth-order valence-corrected chi connectivity index (χ4v) is 3.62. The largest absolute Gasteiger partial charge is 0.478 e. The van der Waals surface area contributed by atoms with Crippen LogP contribution in [-0.2, 0) is 18.4 Å². The maximum atomic E-state index is 13.1. The molecular formula is C21H18ClF3N4O3. The number of aryl methyl sites for hydroxylation is 1. The zero-order valence-electron chi connectivity index (χ0n) is 16.8. The highest BCUT2D eigenvalue weighted by Gasteiger charge is 2.68. The van der Waals surface area contributed by atoms with Gasteiger partial charge in [-0.3, -0.25) is 4.79 Å². The molecule has 3 N–H and O–H groups in total. The molecule has 1 aromatic heterocycles. The van der Waals surface area contributed by atoms with Crippen LogP contribution in [0.3, 0.4) is 0 Å². The molecule has 0 atom stereocenters. The normalized spacial score (nSPS) is 14.9. The number of carbonyl (C=O) groups is 2. The molecule has 0 spiro atoms. The number of carboxylic acids is 1. The van der Waals surface area contributed by atoms with Crippen LogP contribution in [0.1, 0.15) is 28.8 Å². The van der Waals surface area contributed by atoms with Gasteiger partial charge in [0.15, 0.2) is 0 Å². The van der Waals surface area contributed by atoms with Crippen LogP contribution in [0.25, 0.3) is 11.0 Å². The summed E-state index contributed by atoms with van der Waals surface area (Å²) in [5.41, 5.74) is -0.0228. The highest BCUT2D eigenvalue weighted by atomic mass is 35.5. The summed E-state index contributed by atoms with van der Waals surface area (Å²) in [5.74, 6) is -1.71. The molecule has 7 nitrogen and oxygen atoms in total. The van der Waals surface area contributed by atoms with Gasteiger partial charge < -0.3 is 20.3 Å². The Labute approximate surface area is 185 Å². The van der Waals surface area contributed by atoms with Gasteiger partial charge in [0, 0.05) is 13.6 Å². The van der Waals surface area contributed by atoms with Crippen LogP contribution in [0.4, 0.5) is 24.8 Å². The van der Waals surface area contributed by atoms with Crippen molar-refractivity contribution in [2.24, 2.45) is 12.5 Å². The van der Waals surface area contributed by atoms with Gasteiger partial charge in [-0.1, -0.05) is 17.7 Å². The molecule has 0 bridgehead atoms. The number of hydrogen-bond acceptors (Lipinski definition) is 4. The summed E-state index contributed by atoms with van der Waals surface area (Å²) in [6, 6.07) is 9.34. The predicted octanol–water partition coefficient (Wildman–Crippen LogP) is 4.63. The van der Waals surface area contributed by atoms with Crippen molar-refractivity contribution >= 4 is 46.1 Å². The van der Waals surface area contributed by atoms with Crippen molar-refractivity contribution < 1.29 is 27.9 Å². The average molecular weight is 467 g/mol. The second-order valence-electron chi connectivity index (χ2n) is 7.70. The molecular weight excluding hydrogens is 449 g/mol. The lowest BCUT2D eigenvalue weighted by Gasteiger charge is -2.18. The Bertz CT molecular complexity index is 1230. The Morgan fingerprint density at radius 2 is 1.94 bits per heavy atom. The highest BCUT2D eigenvalue weighted by molar-refractivity contribution is 6.33. The van der Waals surface area contributed by atoms with Gasteiger partial charge in [0.05, 0.1) is 27.3 Å². The third-order valence-corrected chi connectivity index (χ3v) is 5.91. The number of aromatic carboxylic acids is 1. The first-order chi connectivity index (χ1) is 15.0. The third kappa shape index (κ3) is 3.86. The number of anilines is 2. The van der Waals surface area contributed by atoms with Gasteiger partial charge in [0.2, 0.25) is 11.9 Å². The average Bonchev–Trinajstić information content (AvgIpc) is 3.50. The minimum absolute atomic E-state index is 0.0903. The number of fused-ring (bicyclic) bond motifs is 1. The fraction of sp³-hybridized carbons (Fsp3) is 0.286. The summed E-state index contributed by atoms with van der Waals surface area (Å²) < 4.78 is 41.0. The number of alkyl halides is 3. The van der Waals surface area contributed by atoms with Crippen LogP contribution in [0.5, 0.6) is 0 Å². The zero-order chi connectivity index (χ0) is 23.3. The molecule has 0 saturated heterocycles. The van der Waals surface area contributed by atoms with Crippen molar-refractivity contribution in [2.45, 2.75) is 25.6 Å². The van der Waals surface area contributed by atoms with E-state index < -0.39 is 23.5 Å². The number of hydrogen-bond donors (Lipinski definition) is 3. The van der Waals surface area contributed by atoms with E-state index in [9.17, 15) is 22.8 Å². The fourth-order valence-electron chi connectivity index (χ4n) is 3.46. The van der Waals surface area contributed by atoms with Crippen molar-refractivity contribution in [3.63, 3.8) is 0 Å². The number of imidazole rings is 1. The standard InChI is InChI=1S/C21H18ClF3N4O3/c1-29-16-5-3-12(17(30)31)9-15(16)28-19(29)27-14-8-11(2-4-13(14)22)10-26-18(32)20(6-7-20)21(23,24)25/h2-5,8-9H,6-7,10H2,1H3,(H,26,32)(H,27,28)(H,30,31). The van der Waals surface area contributed by atoms with Gasteiger partial charge in [0.25, 0.3) is 0 Å². The number of nitrogens with zero attached hydrogens (tertiary/aromatic N) is 2. The van der Waals surface area contributed by atoms with Crippen LogP contribution in [0.2, 0.25) is 5.02 Å². The summed E-state index contributed by atoms with van der Waals surface area (Å²) in [4.78, 5) is 27.7. The van der Waals surface area contributed by atoms with Gasteiger partial charge in [0.1, 0.15) is 5.41 Å². The third-order valence-electron chi connectivity index (χ3n) is 5.59. The molecule has 0 aliphatic heterocycles. The van der Waals surface area contributed by atoms with Crippen molar-refractivity contribution in [1.82, 2.24) is 14.9 Å². The van der Waals surface area contributed by atoms with Crippen molar-refractivity contribution in [3.05, 3.63) is 52.5 Å². The smallest absolute Gasteiger partial charge is 0.403 e. The lowest BCUT2D eigenvalue weighted by Crippen LogP contribution is -2.40. The first-order valence-corrected chi connectivity index (χ1v) is 10.00. The van der Waals surface area contributed by atoms with Crippen LogP contribution >= 0.6 is 11.6 Å². The van der Waals surface area contributed by atoms with Crippen molar-refractivity contribution in [2.75, 3.05) is 5.32 Å². The monoisotopic (exact) mass is 466 g/mol. The number of halogens is 4. The SMILES string of the molecule is Cn1c(Nc2cc(CNC(=O)C3(C(F)(F)F)CC3)ccc2Cl)nc2cc(C(=O)O)ccc21. The number of rotatable bonds is 6. The molecule has 2 aromatic carbocycles. The lowest BCUT2D eigenvalue weighted by molar-refractivity contribution is -0.192. The highest BCUT2D eigenvalue weighted by Crippen LogP contribution is 2.57. The summed E-state index contributed by atoms with van der Waals surface area (Å²) in [7, 11) is 1.74. The minimum atomic E-state index is -4.56. The molecule has 168 valence electrons. The molecule has 0 unspecified atom stereocenters. The number of nitrogens with one attached hydrogen (secondary N) is 2. The Morgan fingerprint density at radius 1 is 1.22 bits per heavy atom. The van der Waals surface area contributed by atoms with E-state index in [0.29, 0.717) is 33.3 Å². The molecule has 11 heteroatoms. The van der Waals surface area contributed by atoms with E-state index in [1.807, 2.05) is 0 Å². The van der Waals surface area contributed by atoms with E-state index in [1.165, 1.54) is 12.1 Å². The van der Waals surface area contributed by atoms with Gasteiger partial charge in [-0.05, 0) is 48.7 Å². The quantitative estimate of drug-likeness (QED) is 0.492. The maximum absolute atomic E-state index is 13.1. The molecule has 1 heterocycles. The molecule has 1 fully saturated rings. The second kappa shape index (κ2) is 7.70. The molecule has 1 aliphatic carbocycles. The van der Waals surface area contributed by atoms with Gasteiger partial charge in [-0.15, -0.1) is 0 Å². The van der Waals surface area contributed by atoms with E-state index >= 15 is 0 Å². The van der Waals surface area contributed by atoms with E-state index in [1.54, 1.807) is 35.9 Å². The number of benzene rings is 2. The first kappa shape index (κ1) is 21.9. The van der Waals surface area contributed by atoms with Crippen LogP contribution in [0, 0.1) is 5.41 Å². The van der Waals surface area contributed by atoms with E-state index in [-0.39, 0.29) is 24.9 Å². The first-order valence-electron chi connectivity index (χ1n) is 9.62. The molecule has 0 radical (unpaired) electrons. The summed E-state index contributed by atoms with van der Waals surface area (Å²) in [6.07, 6.45) is -4.97. The molecule has 3 aromatic rings. The van der Waals surface area contributed by atoms with Gasteiger partial charge >= 0.3 is 12.1 Å². The zero-order valence-corrected chi connectivity index (χ0v) is 17.5. The second-order valence-corrected chi connectivity index (χ2v) is 8.11. The van der Waals surface area contributed by atoms with Crippen LogP contribution < -0.4 is 10.6 Å². The van der Waals surface area contributed by atoms with Gasteiger partial charge in [-0.25, -0.2) is 9.78 Å². The lowest BCUT2D eigenvalue weighted by atomic mass is 10.1. The van der Waals surface area contributed by atoms with Gasteiger partial charge in [-0.2, -0.15) is 13.2 Å². The minimum Gasteiger partial charge on any atom is -0.478 e. The predicted molar refractivity (Wildman–Crippen MR) is 112 cm³/mol. The summed E-state index contributed by atoms with van der Waals surface area (Å²) >= 11 is 6.26. The Kier molecular flexibility index (Phi) is 5.28. The van der Waals surface area contributed by atoms with Crippen LogP contribution in [0.15, 0.2) is 36.4 Å². The van der Waals surface area contributed by atoms with E-state index in [4.69, 9.17) is 16.7 Å². The topological polar surface area (TPSA) is 96.3 Å². The molecule has 1 amide bonds. The van der Waals surface area contributed by atoms with E-state index in [0.717, 1.165) is 0 Å². The maximum Gasteiger partial charge on any atom is 0.403 e. The Balaban J connectivity index is 1.53. The summed E-state index contributed by atoms with van der Waals surface area (Å²) in [6.45, 7) is -0.0903. The number of amides is 1. The van der Waals surface area contributed by atoms with E-state index in [2.05, 4.69) is 15.6 Å². The van der Waals surface area contributed by atoms with Crippen LogP contribution in [-0.4, -0.2) is 32.7 Å². The molecule has 1 aliphatic rings.